The molecule has 0 unspecified atom stereocenters. The maximum Gasteiger partial charge on any atom is 0.408 e. The maximum absolute atomic E-state index is 13.7. The molecule has 0 radical (unpaired) electrons. The van der Waals surface area contributed by atoms with Gasteiger partial charge in [0.15, 0.2) is 12.4 Å². The van der Waals surface area contributed by atoms with Gasteiger partial charge in [0.1, 0.15) is 35.5 Å². The molecule has 0 aromatic heterocycles. The van der Waals surface area contributed by atoms with E-state index in [9.17, 15) is 43.5 Å². The summed E-state index contributed by atoms with van der Waals surface area (Å²) in [6, 6.07) is 9.75. The highest BCUT2D eigenvalue weighted by atomic mass is 32.2. The molecule has 4 atom stereocenters. The van der Waals surface area contributed by atoms with Crippen molar-refractivity contribution in [1.29, 1.82) is 0 Å². The fourth-order valence-corrected chi connectivity index (χ4v) is 5.49. The van der Waals surface area contributed by atoms with Gasteiger partial charge in [-0.05, 0) is 64.7 Å². The number of carbonyl (C=O) groups excluding carboxylic acids is 8. The Morgan fingerprint density at radius 1 is 0.732 bits per heavy atom. The average molecular weight is 800 g/mol. The number of carbonyl (C=O) groups is 8. The zero-order valence-electron chi connectivity index (χ0n) is 32.8. The Labute approximate surface area is 331 Å². The van der Waals surface area contributed by atoms with Gasteiger partial charge in [0, 0.05) is 17.7 Å². The van der Waals surface area contributed by atoms with E-state index in [1.54, 1.807) is 63.2 Å². The molecule has 2 aromatic carbocycles. The number of ether oxygens (including phenoxy) is 2. The third-order valence-corrected chi connectivity index (χ3v) is 8.54. The number of nitrogens with one attached hydrogen (secondary N) is 5. The van der Waals surface area contributed by atoms with E-state index in [1.807, 2.05) is 13.8 Å². The zero-order valence-corrected chi connectivity index (χ0v) is 33.6. The molecular formula is C39H53N5O11S. The summed E-state index contributed by atoms with van der Waals surface area (Å²) in [6.07, 6.45) is -0.835. The second kappa shape index (κ2) is 22.8. The molecule has 0 fully saturated rings. The number of aromatic hydroxyl groups is 1. The molecule has 56 heavy (non-hydrogen) atoms. The van der Waals surface area contributed by atoms with Gasteiger partial charge in [0.2, 0.25) is 28.7 Å². The Morgan fingerprint density at radius 2 is 1.32 bits per heavy atom. The molecule has 0 spiro atoms. The Morgan fingerprint density at radius 3 is 1.93 bits per heavy atom. The number of hydrogen-bond acceptors (Lipinski definition) is 12. The molecule has 16 nitrogen and oxygen atoms in total. The van der Waals surface area contributed by atoms with Crippen LogP contribution in [0.2, 0.25) is 0 Å². The molecule has 0 saturated carbocycles. The first-order valence-electron chi connectivity index (χ1n) is 18.1. The van der Waals surface area contributed by atoms with Crippen molar-refractivity contribution in [2.45, 2.75) is 97.5 Å². The van der Waals surface area contributed by atoms with Crippen molar-refractivity contribution in [2.75, 3.05) is 18.9 Å². The van der Waals surface area contributed by atoms with Crippen molar-refractivity contribution in [1.82, 2.24) is 26.6 Å². The lowest BCUT2D eigenvalue weighted by Crippen LogP contribution is -2.58. The first-order valence-corrected chi connectivity index (χ1v) is 19.1. The van der Waals surface area contributed by atoms with Gasteiger partial charge in [-0.15, -0.1) is 0 Å². The van der Waals surface area contributed by atoms with E-state index in [4.69, 9.17) is 9.47 Å². The van der Waals surface area contributed by atoms with Crippen molar-refractivity contribution in [3.05, 3.63) is 65.7 Å². The number of hydrogen-bond donors (Lipinski definition) is 6. The van der Waals surface area contributed by atoms with Crippen molar-refractivity contribution in [3.8, 4) is 5.75 Å². The first-order chi connectivity index (χ1) is 26.2. The maximum atomic E-state index is 13.7. The van der Waals surface area contributed by atoms with E-state index in [1.165, 1.54) is 26.0 Å². The number of phenolic OH excluding ortho intramolecular Hbond substituents is 1. The zero-order chi connectivity index (χ0) is 42.0. The molecule has 2 aromatic rings. The van der Waals surface area contributed by atoms with Crippen LogP contribution < -0.4 is 26.6 Å². The van der Waals surface area contributed by atoms with Crippen molar-refractivity contribution >= 4 is 58.4 Å². The lowest BCUT2D eigenvalue weighted by molar-refractivity contribution is -0.142. The number of thioether (sulfide) groups is 1. The van der Waals surface area contributed by atoms with E-state index in [0.29, 0.717) is 11.1 Å². The number of amides is 5. The Bertz CT molecular complexity index is 1680. The van der Waals surface area contributed by atoms with Crippen LogP contribution in [0.1, 0.15) is 77.2 Å². The summed E-state index contributed by atoms with van der Waals surface area (Å²) in [5.74, 6) is -3.83. The molecule has 0 heterocycles. The lowest BCUT2D eigenvalue weighted by atomic mass is 10.0. The second-order valence-corrected chi connectivity index (χ2v) is 15.5. The molecule has 17 heteroatoms. The van der Waals surface area contributed by atoms with Crippen molar-refractivity contribution in [2.24, 2.45) is 5.92 Å². The second-order valence-electron chi connectivity index (χ2n) is 14.4. The summed E-state index contributed by atoms with van der Waals surface area (Å²) in [7, 11) is 0. The van der Waals surface area contributed by atoms with Crippen LogP contribution >= 0.6 is 11.8 Å². The van der Waals surface area contributed by atoms with Gasteiger partial charge in [-0.3, -0.25) is 33.6 Å². The number of phenols is 1. The summed E-state index contributed by atoms with van der Waals surface area (Å²) in [5, 5.41) is 22.0. The molecule has 0 saturated heterocycles. The number of Topliss-reactive ketones (excluding diaryl/α,β-unsaturated/α-hetero) is 1. The van der Waals surface area contributed by atoms with Gasteiger partial charge in [0.05, 0.1) is 13.0 Å². The smallest absolute Gasteiger partial charge is 0.408 e. The quantitative estimate of drug-likeness (QED) is 0.0838. The summed E-state index contributed by atoms with van der Waals surface area (Å²) < 4.78 is 10.2. The Kier molecular flexibility index (Phi) is 19.0. The Hall–Kier alpha value is -5.45. The van der Waals surface area contributed by atoms with E-state index >= 15 is 0 Å². The summed E-state index contributed by atoms with van der Waals surface area (Å²) in [4.78, 5) is 102. The van der Waals surface area contributed by atoms with E-state index in [2.05, 4.69) is 26.6 Å². The number of alkyl carbamates (subject to hydrolysis) is 1. The van der Waals surface area contributed by atoms with Gasteiger partial charge in [-0.1, -0.05) is 68.1 Å². The summed E-state index contributed by atoms with van der Waals surface area (Å²) in [6.45, 7) is 10.7. The van der Waals surface area contributed by atoms with Gasteiger partial charge < -0.3 is 41.2 Å². The van der Waals surface area contributed by atoms with Gasteiger partial charge >= 0.3 is 12.1 Å². The third kappa shape index (κ3) is 18.3. The highest BCUT2D eigenvalue weighted by Gasteiger charge is 2.31. The third-order valence-electron chi connectivity index (χ3n) is 7.66. The van der Waals surface area contributed by atoms with Crippen LogP contribution in [-0.4, -0.2) is 100 Å². The first kappa shape index (κ1) is 46.7. The van der Waals surface area contributed by atoms with Crippen molar-refractivity contribution < 1.29 is 52.9 Å². The van der Waals surface area contributed by atoms with Gasteiger partial charge in [0.25, 0.3) is 0 Å². The topological polar surface area (TPSA) is 235 Å². The average Bonchev–Trinajstić information content (AvgIpc) is 3.12. The van der Waals surface area contributed by atoms with E-state index < -0.39 is 83.7 Å². The fourth-order valence-electron chi connectivity index (χ4n) is 4.82. The molecule has 0 aliphatic carbocycles. The molecule has 2 rings (SSSR count). The molecule has 0 bridgehead atoms. The van der Waals surface area contributed by atoms with Gasteiger partial charge in [-0.25, -0.2) is 4.79 Å². The number of benzene rings is 2. The predicted octanol–water partition coefficient (Wildman–Crippen LogP) is 2.56. The minimum absolute atomic E-state index is 0.00381. The molecular weight excluding hydrogens is 747 g/mol. The summed E-state index contributed by atoms with van der Waals surface area (Å²) >= 11 is 0.792. The highest BCUT2D eigenvalue weighted by molar-refractivity contribution is 8.13. The molecule has 306 valence electrons. The van der Waals surface area contributed by atoms with Gasteiger partial charge in [-0.2, -0.15) is 0 Å². The fraction of sp³-hybridized carbons (Fsp3) is 0.487. The number of rotatable bonds is 20. The van der Waals surface area contributed by atoms with E-state index in [-0.39, 0.29) is 42.5 Å². The molecule has 6 N–H and O–H groups in total. The predicted molar refractivity (Wildman–Crippen MR) is 208 cm³/mol. The standard InChI is InChI=1S/C39H53N5O11S/c1-23(2)19-29(44-37(52)30(20-26-13-15-28(45)16-14-26)43-35(50)25(4)42-38(53)55-39(5,6)7)36(51)41-24(3)34(49)40-21-33(48)56-18-17-32(47)54-22-31(46)27-11-9-8-10-12-27/h8-16,23-25,29-30,45H,17-22H2,1-7H3,(H,40,49)(H,41,51)(H,42,53)(H,43,50)(H,44,52)/t24-,25-,29-,30-/m0/s1. The normalized spacial score (nSPS) is 13.2. The monoisotopic (exact) mass is 799 g/mol. The minimum atomic E-state index is -1.22. The number of esters is 1. The van der Waals surface area contributed by atoms with E-state index in [0.717, 1.165) is 11.8 Å². The SMILES string of the molecule is CC(C)C[C@H](NC(=O)[C@H](Cc1ccc(O)cc1)NC(=O)[C@H](C)NC(=O)OC(C)(C)C)C(=O)N[C@@H](C)C(=O)NCC(=O)SCCC(=O)OCC(=O)c1ccccc1. The van der Waals surface area contributed by atoms with Crippen LogP contribution in [0, 0.1) is 5.92 Å². The Balaban J connectivity index is 1.96. The van der Waals surface area contributed by atoms with Crippen LogP contribution in [0.5, 0.6) is 5.75 Å². The summed E-state index contributed by atoms with van der Waals surface area (Å²) in [5.41, 5.74) is 0.175. The van der Waals surface area contributed by atoms with Crippen molar-refractivity contribution in [3.63, 3.8) is 0 Å². The van der Waals surface area contributed by atoms with Crippen LogP contribution in [-0.2, 0) is 44.7 Å². The molecule has 0 aliphatic rings. The van der Waals surface area contributed by atoms with Crippen LogP contribution in [0.3, 0.4) is 0 Å². The van der Waals surface area contributed by atoms with Crippen LogP contribution in [0.4, 0.5) is 4.79 Å². The largest absolute Gasteiger partial charge is 0.508 e. The molecule has 0 aliphatic heterocycles. The van der Waals surface area contributed by atoms with Crippen LogP contribution in [0.25, 0.3) is 0 Å². The lowest BCUT2D eigenvalue weighted by Gasteiger charge is -2.26. The van der Waals surface area contributed by atoms with Crippen LogP contribution in [0.15, 0.2) is 54.6 Å². The molecule has 5 amide bonds. The number of ketones is 1. The minimum Gasteiger partial charge on any atom is -0.508 e. The highest BCUT2D eigenvalue weighted by Crippen LogP contribution is 2.13.